The Morgan fingerprint density at radius 3 is 2.50 bits per heavy atom. The van der Waals surface area contributed by atoms with E-state index >= 15 is 0 Å². The summed E-state index contributed by atoms with van der Waals surface area (Å²) in [4.78, 5) is 16.5. The lowest BCUT2D eigenvalue weighted by Crippen LogP contribution is -2.56. The quantitative estimate of drug-likeness (QED) is 0.794. The van der Waals surface area contributed by atoms with E-state index in [0.717, 1.165) is 31.1 Å². The molecule has 0 radical (unpaired) electrons. The molecular formula is C13H20N4O2S. The summed E-state index contributed by atoms with van der Waals surface area (Å²) >= 11 is 1.55. The van der Waals surface area contributed by atoms with Crippen molar-refractivity contribution in [2.75, 3.05) is 18.0 Å². The van der Waals surface area contributed by atoms with Crippen molar-refractivity contribution < 1.29 is 9.53 Å². The van der Waals surface area contributed by atoms with Gasteiger partial charge in [-0.15, -0.1) is 10.2 Å². The molecule has 1 aromatic heterocycles. The standard InChI is InChI=1S/C13H20N4O2S/c1-13(2,3)19-12(18)17-9-4-5-10(17)7-16(6-9)11-15-14-8-20-11/h8-10H,4-7H2,1-3H3. The van der Waals surface area contributed by atoms with Gasteiger partial charge in [0.05, 0.1) is 12.1 Å². The van der Waals surface area contributed by atoms with Crippen LogP contribution in [-0.4, -0.2) is 52.0 Å². The minimum Gasteiger partial charge on any atom is -0.444 e. The van der Waals surface area contributed by atoms with Crippen LogP contribution in [0.25, 0.3) is 0 Å². The molecule has 2 bridgehead atoms. The Balaban J connectivity index is 1.70. The third-order valence-corrected chi connectivity index (χ3v) is 4.46. The highest BCUT2D eigenvalue weighted by Crippen LogP contribution is 2.34. The minimum absolute atomic E-state index is 0.179. The van der Waals surface area contributed by atoms with Crippen LogP contribution in [0.4, 0.5) is 9.93 Å². The molecule has 2 aliphatic rings. The van der Waals surface area contributed by atoms with Crippen molar-refractivity contribution in [1.82, 2.24) is 15.1 Å². The summed E-state index contributed by atoms with van der Waals surface area (Å²) in [5.74, 6) is 0. The number of amides is 1. The second kappa shape index (κ2) is 4.87. The van der Waals surface area contributed by atoms with Crippen LogP contribution in [0.5, 0.6) is 0 Å². The van der Waals surface area contributed by atoms with Crippen LogP contribution in [0.15, 0.2) is 5.51 Å². The van der Waals surface area contributed by atoms with Crippen LogP contribution >= 0.6 is 11.3 Å². The van der Waals surface area contributed by atoms with E-state index in [2.05, 4.69) is 15.1 Å². The topological polar surface area (TPSA) is 58.6 Å². The first-order chi connectivity index (χ1) is 9.44. The summed E-state index contributed by atoms with van der Waals surface area (Å²) in [6, 6.07) is 0.458. The van der Waals surface area contributed by atoms with Gasteiger partial charge in [0, 0.05) is 13.1 Å². The molecule has 0 aromatic carbocycles. The molecule has 3 heterocycles. The van der Waals surface area contributed by atoms with E-state index in [-0.39, 0.29) is 18.2 Å². The average Bonchev–Trinajstić information content (AvgIpc) is 2.94. The summed E-state index contributed by atoms with van der Waals surface area (Å²) in [5.41, 5.74) is 1.31. The van der Waals surface area contributed by atoms with Gasteiger partial charge in [0.25, 0.3) is 0 Å². The van der Waals surface area contributed by atoms with Gasteiger partial charge in [-0.2, -0.15) is 0 Å². The van der Waals surface area contributed by atoms with Gasteiger partial charge < -0.3 is 9.64 Å². The van der Waals surface area contributed by atoms with Crippen molar-refractivity contribution in [3.8, 4) is 0 Å². The molecule has 2 atom stereocenters. The highest BCUT2D eigenvalue weighted by Gasteiger charge is 2.44. The molecule has 0 spiro atoms. The summed E-state index contributed by atoms with van der Waals surface area (Å²) < 4.78 is 5.53. The number of nitrogens with zero attached hydrogens (tertiary/aromatic N) is 4. The van der Waals surface area contributed by atoms with Gasteiger partial charge in [0.1, 0.15) is 11.1 Å². The molecule has 0 N–H and O–H groups in total. The molecule has 3 rings (SSSR count). The molecule has 20 heavy (non-hydrogen) atoms. The van der Waals surface area contributed by atoms with E-state index < -0.39 is 5.60 Å². The Morgan fingerprint density at radius 1 is 1.35 bits per heavy atom. The Bertz CT molecular complexity index is 471. The lowest BCUT2D eigenvalue weighted by molar-refractivity contribution is 0.0123. The first kappa shape index (κ1) is 13.6. The third-order valence-electron chi connectivity index (χ3n) is 3.71. The maximum absolute atomic E-state index is 12.3. The van der Waals surface area contributed by atoms with E-state index in [1.807, 2.05) is 25.7 Å². The first-order valence-electron chi connectivity index (χ1n) is 6.96. The summed E-state index contributed by atoms with van der Waals surface area (Å²) in [7, 11) is 0. The molecule has 2 aliphatic heterocycles. The number of piperazine rings is 1. The molecule has 110 valence electrons. The fourth-order valence-corrected chi connectivity index (χ4v) is 3.56. The van der Waals surface area contributed by atoms with Gasteiger partial charge in [-0.05, 0) is 33.6 Å². The highest BCUT2D eigenvalue weighted by atomic mass is 32.1. The molecule has 6 nitrogen and oxygen atoms in total. The Kier molecular flexibility index (Phi) is 3.32. The lowest BCUT2D eigenvalue weighted by Gasteiger charge is -2.41. The van der Waals surface area contributed by atoms with E-state index in [1.165, 1.54) is 0 Å². The normalized spacial score (nSPS) is 25.9. The van der Waals surface area contributed by atoms with Crippen molar-refractivity contribution in [2.45, 2.75) is 51.3 Å². The van der Waals surface area contributed by atoms with Crippen molar-refractivity contribution in [3.05, 3.63) is 5.51 Å². The number of hydrogen-bond acceptors (Lipinski definition) is 6. The van der Waals surface area contributed by atoms with Crippen molar-refractivity contribution in [3.63, 3.8) is 0 Å². The Morgan fingerprint density at radius 2 is 2.00 bits per heavy atom. The number of hydrogen-bond donors (Lipinski definition) is 0. The molecule has 2 fully saturated rings. The van der Waals surface area contributed by atoms with Gasteiger partial charge in [-0.1, -0.05) is 11.3 Å². The minimum atomic E-state index is -0.438. The number of fused-ring (bicyclic) bond motifs is 2. The molecule has 0 saturated carbocycles. The van der Waals surface area contributed by atoms with Crippen molar-refractivity contribution >= 4 is 22.6 Å². The summed E-state index contributed by atoms with van der Waals surface area (Å²) in [6.07, 6.45) is 1.90. The number of ether oxygens (including phenoxy) is 1. The number of carbonyl (C=O) groups is 1. The van der Waals surface area contributed by atoms with Gasteiger partial charge in [0.2, 0.25) is 5.13 Å². The third kappa shape index (κ3) is 2.59. The molecule has 2 saturated heterocycles. The number of carbonyl (C=O) groups excluding carboxylic acids is 1. The zero-order valence-electron chi connectivity index (χ0n) is 12.1. The van der Waals surface area contributed by atoms with Gasteiger partial charge in [-0.25, -0.2) is 4.79 Å². The number of anilines is 1. The maximum atomic E-state index is 12.3. The van der Waals surface area contributed by atoms with E-state index in [0.29, 0.717) is 0 Å². The Hall–Kier alpha value is -1.37. The molecule has 1 aromatic rings. The van der Waals surface area contributed by atoms with E-state index in [9.17, 15) is 4.79 Å². The number of rotatable bonds is 1. The predicted molar refractivity (Wildman–Crippen MR) is 77.0 cm³/mol. The van der Waals surface area contributed by atoms with Crippen LogP contribution < -0.4 is 4.90 Å². The molecule has 0 aliphatic carbocycles. The van der Waals surface area contributed by atoms with Crippen LogP contribution in [0, 0.1) is 0 Å². The fraction of sp³-hybridized carbons (Fsp3) is 0.769. The monoisotopic (exact) mass is 296 g/mol. The van der Waals surface area contributed by atoms with Crippen LogP contribution in [-0.2, 0) is 4.74 Å². The summed E-state index contributed by atoms with van der Waals surface area (Å²) in [6.45, 7) is 7.37. The van der Waals surface area contributed by atoms with Crippen LogP contribution in [0.1, 0.15) is 33.6 Å². The van der Waals surface area contributed by atoms with Gasteiger partial charge >= 0.3 is 6.09 Å². The SMILES string of the molecule is CC(C)(C)OC(=O)N1C2CCC1CN(c1nncs1)C2. The summed E-state index contributed by atoms with van der Waals surface area (Å²) in [5, 5.41) is 8.97. The zero-order chi connectivity index (χ0) is 14.3. The number of aromatic nitrogens is 2. The Labute approximate surface area is 122 Å². The van der Waals surface area contributed by atoms with E-state index in [1.54, 1.807) is 16.8 Å². The maximum Gasteiger partial charge on any atom is 0.410 e. The van der Waals surface area contributed by atoms with Crippen LogP contribution in [0.3, 0.4) is 0 Å². The first-order valence-corrected chi connectivity index (χ1v) is 7.84. The molecule has 2 unspecified atom stereocenters. The fourth-order valence-electron chi connectivity index (χ4n) is 2.98. The largest absolute Gasteiger partial charge is 0.444 e. The van der Waals surface area contributed by atoms with Crippen molar-refractivity contribution in [1.29, 1.82) is 0 Å². The molecular weight excluding hydrogens is 276 g/mol. The van der Waals surface area contributed by atoms with Crippen LogP contribution in [0.2, 0.25) is 0 Å². The molecule has 7 heteroatoms. The van der Waals surface area contributed by atoms with Gasteiger partial charge in [-0.3, -0.25) is 4.90 Å². The van der Waals surface area contributed by atoms with Crippen molar-refractivity contribution in [2.24, 2.45) is 0 Å². The van der Waals surface area contributed by atoms with E-state index in [4.69, 9.17) is 4.74 Å². The van der Waals surface area contributed by atoms with Gasteiger partial charge in [0.15, 0.2) is 0 Å². The second-order valence-corrected chi connectivity index (χ2v) is 7.21. The zero-order valence-corrected chi connectivity index (χ0v) is 12.9. The second-order valence-electron chi connectivity index (χ2n) is 6.40. The lowest BCUT2D eigenvalue weighted by atomic mass is 10.2. The average molecular weight is 296 g/mol. The molecule has 1 amide bonds. The highest BCUT2D eigenvalue weighted by molar-refractivity contribution is 7.13. The predicted octanol–water partition coefficient (Wildman–Crippen LogP) is 2.13. The smallest absolute Gasteiger partial charge is 0.410 e.